The quantitative estimate of drug-likeness (QED) is 0.121. The molecule has 3 saturated heterocycles. The lowest BCUT2D eigenvalue weighted by atomic mass is 9.92. The van der Waals surface area contributed by atoms with Gasteiger partial charge in [-0.15, -0.1) is 0 Å². The summed E-state index contributed by atoms with van der Waals surface area (Å²) >= 11 is 0. The van der Waals surface area contributed by atoms with Crippen LogP contribution in [-0.4, -0.2) is 178 Å². The third kappa shape index (κ3) is 6.32. The molecule has 39 heavy (non-hydrogen) atoms. The molecule has 0 unspecified atom stereocenters. The maximum atomic E-state index is 11.4. The van der Waals surface area contributed by atoms with Crippen molar-refractivity contribution in [3.63, 3.8) is 0 Å². The molecule has 15 atom stereocenters. The maximum Gasteiger partial charge on any atom is 0.364 e. The molecule has 0 spiro atoms. The lowest BCUT2D eigenvalue weighted by Crippen LogP contribution is -2.67. The summed E-state index contributed by atoms with van der Waals surface area (Å²) in [7, 11) is 0. The van der Waals surface area contributed by atoms with E-state index in [0.717, 1.165) is 0 Å². The first kappa shape index (κ1) is 31.9. The Labute approximate surface area is 218 Å². The van der Waals surface area contributed by atoms with Crippen LogP contribution in [0.1, 0.15) is 6.42 Å². The average Bonchev–Trinajstić information content (AvgIpc) is 2.88. The van der Waals surface area contributed by atoms with Gasteiger partial charge < -0.3 is 85.0 Å². The van der Waals surface area contributed by atoms with E-state index in [1.54, 1.807) is 0 Å². The van der Waals surface area contributed by atoms with Gasteiger partial charge in [-0.2, -0.15) is 0 Å². The van der Waals surface area contributed by atoms with Crippen LogP contribution >= 0.6 is 0 Å². The summed E-state index contributed by atoms with van der Waals surface area (Å²) in [5, 5.41) is 120. The Hall–Kier alpha value is -1.66. The molecular formula is C20H32O19. The zero-order valence-corrected chi connectivity index (χ0v) is 19.9. The van der Waals surface area contributed by atoms with Gasteiger partial charge in [0.15, 0.2) is 18.7 Å². The Kier molecular flexibility index (Phi) is 10.2. The molecule has 226 valence electrons. The number of rotatable bonds is 9. The number of aliphatic hydroxyl groups is 10. The van der Waals surface area contributed by atoms with Crippen LogP contribution in [0, 0.1) is 0 Å². The van der Waals surface area contributed by atoms with E-state index in [2.05, 4.69) is 0 Å². The zero-order chi connectivity index (χ0) is 29.4. The highest BCUT2D eigenvalue weighted by Crippen LogP contribution is 2.35. The molecule has 19 heteroatoms. The number of aliphatic carboxylic acids is 2. The van der Waals surface area contributed by atoms with E-state index < -0.39 is 123 Å². The molecule has 3 aliphatic heterocycles. The Morgan fingerprint density at radius 1 is 0.846 bits per heavy atom. The molecule has 0 aromatic heterocycles. The molecule has 0 aliphatic carbocycles. The molecule has 3 rings (SSSR count). The van der Waals surface area contributed by atoms with Crippen molar-refractivity contribution in [1.29, 1.82) is 0 Å². The van der Waals surface area contributed by atoms with Crippen molar-refractivity contribution in [2.24, 2.45) is 0 Å². The standard InChI is InChI=1S/C20H32O19/c21-2-5(24)13-12(4(23)1-20(34,39-13)19(32)33)36-18-11(29)14(7(25)6(3-22)35-18)37-17-10(28)8(26)9(27)15(38-17)16(30)31/h4-15,17-18,21-29,34H,1-3H2,(H,30,31)(H,32,33)/t4-,5-,6-,7-,8+,9-,10-,11-,12-,13-,14+,15+,17+,18-,20-/m1/s1. The van der Waals surface area contributed by atoms with Crippen LogP contribution in [0.15, 0.2) is 0 Å². The summed E-state index contributed by atoms with van der Waals surface area (Å²) in [6.45, 7) is -1.99. The predicted octanol–water partition coefficient (Wildman–Crippen LogP) is -7.64. The minimum atomic E-state index is -3.00. The summed E-state index contributed by atoms with van der Waals surface area (Å²) in [5.74, 6) is -6.67. The fraction of sp³-hybridized carbons (Fsp3) is 0.900. The minimum Gasteiger partial charge on any atom is -0.479 e. The van der Waals surface area contributed by atoms with Crippen molar-refractivity contribution in [3.8, 4) is 0 Å². The monoisotopic (exact) mass is 576 g/mol. The zero-order valence-electron chi connectivity index (χ0n) is 19.9. The van der Waals surface area contributed by atoms with Crippen molar-refractivity contribution in [1.82, 2.24) is 0 Å². The van der Waals surface area contributed by atoms with Crippen LogP contribution in [-0.2, 0) is 33.3 Å². The Balaban J connectivity index is 1.84. The number of ether oxygens (including phenoxy) is 5. The van der Waals surface area contributed by atoms with Crippen molar-refractivity contribution >= 4 is 11.9 Å². The van der Waals surface area contributed by atoms with Crippen LogP contribution in [0.3, 0.4) is 0 Å². The van der Waals surface area contributed by atoms with Crippen molar-refractivity contribution in [2.75, 3.05) is 13.2 Å². The molecule has 3 aliphatic rings. The molecule has 0 aromatic rings. The SMILES string of the molecule is O=C(O)[C@H]1O[C@H](O[C@@H]2[C@@H](O)[C@@H](O[C@H]3[C@@H]([C@H](O)CO)O[C@@](O)(C(=O)O)C[C@H]3O)O[C@H](CO)[C@H]2O)[C@H](O)[C@@H](O)[C@H]1O. The predicted molar refractivity (Wildman–Crippen MR) is 113 cm³/mol. The smallest absolute Gasteiger partial charge is 0.364 e. The first-order valence-corrected chi connectivity index (χ1v) is 11.6. The van der Waals surface area contributed by atoms with Gasteiger partial charge >= 0.3 is 11.9 Å². The topological polar surface area (TPSA) is 323 Å². The first-order valence-electron chi connectivity index (χ1n) is 11.6. The van der Waals surface area contributed by atoms with Crippen LogP contribution in [0.5, 0.6) is 0 Å². The Morgan fingerprint density at radius 3 is 1.97 bits per heavy atom. The highest BCUT2D eigenvalue weighted by molar-refractivity contribution is 5.75. The second-order valence-corrected chi connectivity index (χ2v) is 9.34. The van der Waals surface area contributed by atoms with E-state index in [4.69, 9.17) is 23.7 Å². The molecule has 0 amide bonds. The van der Waals surface area contributed by atoms with E-state index >= 15 is 0 Å². The van der Waals surface area contributed by atoms with Crippen molar-refractivity contribution in [2.45, 2.75) is 98.0 Å². The summed E-state index contributed by atoms with van der Waals surface area (Å²) in [6.07, 6.45) is -28.5. The third-order valence-corrected chi connectivity index (χ3v) is 6.64. The average molecular weight is 576 g/mol. The van der Waals surface area contributed by atoms with Crippen LogP contribution in [0.2, 0.25) is 0 Å². The third-order valence-electron chi connectivity index (χ3n) is 6.64. The fourth-order valence-electron chi connectivity index (χ4n) is 4.47. The summed E-state index contributed by atoms with van der Waals surface area (Å²) < 4.78 is 26.0. The van der Waals surface area contributed by atoms with Gasteiger partial charge in [-0.3, -0.25) is 0 Å². The minimum absolute atomic E-state index is 0.939. The normalized spacial score (nSPS) is 47.9. The van der Waals surface area contributed by atoms with Crippen molar-refractivity contribution < 1.29 is 94.6 Å². The van der Waals surface area contributed by atoms with E-state index in [1.807, 2.05) is 0 Å². The summed E-state index contributed by atoms with van der Waals surface area (Å²) in [6, 6.07) is 0. The first-order chi connectivity index (χ1) is 18.2. The second kappa shape index (κ2) is 12.5. The van der Waals surface area contributed by atoms with Gasteiger partial charge in [0.1, 0.15) is 61.0 Å². The maximum absolute atomic E-state index is 11.4. The van der Waals surface area contributed by atoms with E-state index in [1.165, 1.54) is 0 Å². The highest BCUT2D eigenvalue weighted by Gasteiger charge is 2.56. The summed E-state index contributed by atoms with van der Waals surface area (Å²) in [4.78, 5) is 22.8. The van der Waals surface area contributed by atoms with E-state index in [9.17, 15) is 70.9 Å². The van der Waals surface area contributed by atoms with Gasteiger partial charge in [-0.05, 0) is 0 Å². The van der Waals surface area contributed by atoms with Gasteiger partial charge in [0.2, 0.25) is 0 Å². The molecule has 0 aromatic carbocycles. The number of hydrogen-bond donors (Lipinski definition) is 12. The lowest BCUT2D eigenvalue weighted by Gasteiger charge is -2.48. The molecule has 19 nitrogen and oxygen atoms in total. The van der Waals surface area contributed by atoms with Crippen LogP contribution < -0.4 is 0 Å². The van der Waals surface area contributed by atoms with E-state index in [0.29, 0.717) is 0 Å². The van der Waals surface area contributed by atoms with Gasteiger partial charge in [0.05, 0.1) is 19.3 Å². The molecule has 0 bridgehead atoms. The second-order valence-electron chi connectivity index (χ2n) is 9.34. The molecule has 3 fully saturated rings. The fourth-order valence-corrected chi connectivity index (χ4v) is 4.47. The van der Waals surface area contributed by atoms with Crippen LogP contribution in [0.25, 0.3) is 0 Å². The van der Waals surface area contributed by atoms with Gasteiger partial charge in [0, 0.05) is 6.42 Å². The largest absolute Gasteiger partial charge is 0.479 e. The van der Waals surface area contributed by atoms with Gasteiger partial charge in [0.25, 0.3) is 5.79 Å². The Bertz CT molecular complexity index is 859. The van der Waals surface area contributed by atoms with Gasteiger partial charge in [-0.1, -0.05) is 0 Å². The highest BCUT2D eigenvalue weighted by atomic mass is 16.8. The number of carbonyl (C=O) groups is 2. The molecular weight excluding hydrogens is 544 g/mol. The van der Waals surface area contributed by atoms with Gasteiger partial charge in [-0.25, -0.2) is 9.59 Å². The lowest BCUT2D eigenvalue weighted by molar-refractivity contribution is -0.379. The Morgan fingerprint density at radius 2 is 1.44 bits per heavy atom. The van der Waals surface area contributed by atoms with Crippen molar-refractivity contribution in [3.05, 3.63) is 0 Å². The number of aliphatic hydroxyl groups excluding tert-OH is 9. The molecule has 0 saturated carbocycles. The molecule has 0 radical (unpaired) electrons. The number of carboxylic acid groups (broad SMARTS) is 2. The van der Waals surface area contributed by atoms with E-state index in [-0.39, 0.29) is 0 Å². The summed E-state index contributed by atoms with van der Waals surface area (Å²) in [5.41, 5.74) is 0. The number of carboxylic acids is 2. The molecule has 12 N–H and O–H groups in total. The molecule has 3 heterocycles. The number of hydrogen-bond acceptors (Lipinski definition) is 17. The van der Waals surface area contributed by atoms with Crippen LogP contribution in [0.4, 0.5) is 0 Å².